The van der Waals surface area contributed by atoms with Crippen molar-refractivity contribution < 1.29 is 51.1 Å². The Morgan fingerprint density at radius 1 is 0.571 bits per heavy atom. The number of phenolic OH excluding ortho intramolecular Hbond substituents is 4. The van der Waals surface area contributed by atoms with E-state index in [2.05, 4.69) is 5.73 Å². The van der Waals surface area contributed by atoms with E-state index < -0.39 is 51.7 Å². The van der Waals surface area contributed by atoms with E-state index in [1.807, 2.05) is 0 Å². The van der Waals surface area contributed by atoms with Gasteiger partial charge in [-0.1, -0.05) is 0 Å². The van der Waals surface area contributed by atoms with Gasteiger partial charge in [-0.25, -0.2) is 0 Å². The van der Waals surface area contributed by atoms with E-state index in [1.54, 1.807) is 0 Å². The molecular formula is C9H14N2O10. The highest BCUT2D eigenvalue weighted by Gasteiger charge is 2.52. The molecule has 1 aromatic rings. The summed E-state index contributed by atoms with van der Waals surface area (Å²) in [6.45, 7) is 0. The zero-order chi connectivity index (χ0) is 17.0. The van der Waals surface area contributed by atoms with Gasteiger partial charge < -0.3 is 51.1 Å². The maximum atomic E-state index is 9.55. The molecule has 14 N–H and O–H groups in total. The molecule has 0 aliphatic rings. The summed E-state index contributed by atoms with van der Waals surface area (Å²) in [6.07, 6.45) is 0. The lowest BCUT2D eigenvalue weighted by atomic mass is 9.95. The van der Waals surface area contributed by atoms with E-state index in [0.29, 0.717) is 0 Å². The van der Waals surface area contributed by atoms with Crippen LogP contribution in [0.25, 0.3) is 0 Å². The number of benzene rings is 1. The van der Waals surface area contributed by atoms with E-state index >= 15 is 0 Å². The van der Waals surface area contributed by atoms with Crippen LogP contribution in [0.15, 0.2) is 0 Å². The quantitative estimate of drug-likeness (QED) is 0.143. The van der Waals surface area contributed by atoms with Gasteiger partial charge in [0.25, 0.3) is 17.6 Å². The van der Waals surface area contributed by atoms with Gasteiger partial charge in [0.2, 0.25) is 0 Å². The number of rotatable bonds is 3. The molecule has 0 amide bonds. The predicted molar refractivity (Wildman–Crippen MR) is 60.9 cm³/mol. The first-order valence-corrected chi connectivity index (χ1v) is 5.06. The third-order valence-electron chi connectivity index (χ3n) is 2.63. The summed E-state index contributed by atoms with van der Waals surface area (Å²) in [4.78, 5) is 0. The summed E-state index contributed by atoms with van der Waals surface area (Å²) in [7, 11) is 0. The van der Waals surface area contributed by atoms with Crippen molar-refractivity contribution in [3.05, 3.63) is 11.1 Å². The number of hydrogen-bond acceptors (Lipinski definition) is 12. The van der Waals surface area contributed by atoms with Crippen LogP contribution in [0.5, 0.6) is 23.0 Å². The van der Waals surface area contributed by atoms with Crippen molar-refractivity contribution in [3.8, 4) is 23.0 Å². The Hall–Kier alpha value is -1.90. The molecule has 0 aromatic heterocycles. The SMILES string of the molecule is NC(O)(O)c1c(O)c(O)c(C(O)(O)C(N)(O)O)c(O)c1O. The van der Waals surface area contributed by atoms with Crippen LogP contribution in [0.3, 0.4) is 0 Å². The molecule has 120 valence electrons. The average molecular weight is 310 g/mol. The van der Waals surface area contributed by atoms with Gasteiger partial charge in [-0.15, -0.1) is 0 Å². The fourth-order valence-electron chi connectivity index (χ4n) is 1.56. The first kappa shape index (κ1) is 17.2. The smallest absolute Gasteiger partial charge is 0.281 e. The van der Waals surface area contributed by atoms with Gasteiger partial charge >= 0.3 is 0 Å². The summed E-state index contributed by atoms with van der Waals surface area (Å²) < 4.78 is 0. The molecule has 1 aromatic carbocycles. The lowest BCUT2D eigenvalue weighted by Crippen LogP contribution is -2.58. The van der Waals surface area contributed by atoms with Crippen LogP contribution in [0.2, 0.25) is 0 Å². The van der Waals surface area contributed by atoms with Gasteiger partial charge in [0.15, 0.2) is 23.0 Å². The highest BCUT2D eigenvalue weighted by molar-refractivity contribution is 5.66. The molecule has 0 aliphatic carbocycles. The lowest BCUT2D eigenvalue weighted by Gasteiger charge is -2.33. The van der Waals surface area contributed by atoms with Crippen molar-refractivity contribution in [2.45, 2.75) is 17.6 Å². The van der Waals surface area contributed by atoms with Crippen LogP contribution in [0, 0.1) is 0 Å². The maximum absolute atomic E-state index is 9.55. The minimum absolute atomic E-state index is 1.39. The number of phenols is 4. The molecule has 0 radical (unpaired) electrons. The number of aromatic hydroxyl groups is 4. The standard InChI is InChI=1S/C9H14N2O10/c10-8(18,19)2-5(14)3(12)1(4(13)6(2)15)7(16,17)9(11,20)21/h12-21H,10-11H2. The summed E-state index contributed by atoms with van der Waals surface area (Å²) in [5.74, 6) is -17.8. The zero-order valence-electron chi connectivity index (χ0n) is 10.1. The number of hydrogen-bond donors (Lipinski definition) is 12. The number of aliphatic hydroxyl groups is 6. The Labute approximate surface area is 115 Å². The highest BCUT2D eigenvalue weighted by Crippen LogP contribution is 2.52. The normalized spacial score (nSPS) is 13.5. The van der Waals surface area contributed by atoms with Crippen LogP contribution in [-0.2, 0) is 11.7 Å². The summed E-state index contributed by atoms with van der Waals surface area (Å²) in [5.41, 5.74) is 6.35. The third-order valence-corrected chi connectivity index (χ3v) is 2.63. The molecular weight excluding hydrogens is 296 g/mol. The van der Waals surface area contributed by atoms with Gasteiger partial charge in [0.05, 0.1) is 0 Å². The van der Waals surface area contributed by atoms with Gasteiger partial charge in [-0.05, 0) is 0 Å². The van der Waals surface area contributed by atoms with Crippen LogP contribution >= 0.6 is 0 Å². The molecule has 0 bridgehead atoms. The Bertz CT molecular complexity index is 542. The van der Waals surface area contributed by atoms with Crippen molar-refractivity contribution >= 4 is 0 Å². The van der Waals surface area contributed by atoms with Crippen molar-refractivity contribution in [1.82, 2.24) is 0 Å². The van der Waals surface area contributed by atoms with Gasteiger partial charge in [0.1, 0.15) is 11.1 Å². The van der Waals surface area contributed by atoms with Gasteiger partial charge in [-0.2, -0.15) is 0 Å². The maximum Gasteiger partial charge on any atom is 0.281 e. The van der Waals surface area contributed by atoms with Crippen LogP contribution in [0.1, 0.15) is 11.1 Å². The Morgan fingerprint density at radius 2 is 0.857 bits per heavy atom. The minimum atomic E-state index is -3.98. The molecule has 21 heavy (non-hydrogen) atoms. The Balaban J connectivity index is 3.84. The second kappa shape index (κ2) is 4.55. The van der Waals surface area contributed by atoms with Crippen molar-refractivity contribution in [2.24, 2.45) is 11.5 Å². The molecule has 0 saturated heterocycles. The Kier molecular flexibility index (Phi) is 3.72. The average Bonchev–Trinajstić information content (AvgIpc) is 2.23. The molecule has 1 rings (SSSR count). The predicted octanol–water partition coefficient (Wildman–Crippen LogP) is -4.70. The first-order chi connectivity index (χ1) is 9.14. The van der Waals surface area contributed by atoms with Crippen LogP contribution < -0.4 is 11.5 Å². The van der Waals surface area contributed by atoms with Crippen LogP contribution in [0.4, 0.5) is 0 Å². The molecule has 0 aliphatic heterocycles. The van der Waals surface area contributed by atoms with Crippen molar-refractivity contribution in [1.29, 1.82) is 0 Å². The Morgan fingerprint density at radius 3 is 1.10 bits per heavy atom. The van der Waals surface area contributed by atoms with Gasteiger partial charge in [-0.3, -0.25) is 11.5 Å². The largest absolute Gasteiger partial charge is 0.504 e. The van der Waals surface area contributed by atoms with Crippen molar-refractivity contribution in [3.63, 3.8) is 0 Å². The highest BCUT2D eigenvalue weighted by atomic mass is 16.6. The van der Waals surface area contributed by atoms with E-state index in [1.165, 1.54) is 0 Å². The molecule has 0 spiro atoms. The molecule has 0 unspecified atom stereocenters. The lowest BCUT2D eigenvalue weighted by molar-refractivity contribution is -0.364. The second-order valence-electron chi connectivity index (χ2n) is 4.27. The van der Waals surface area contributed by atoms with E-state index in [4.69, 9.17) is 26.2 Å². The number of nitrogens with two attached hydrogens (primary N) is 2. The van der Waals surface area contributed by atoms with E-state index in [0.717, 1.165) is 0 Å². The minimum Gasteiger partial charge on any atom is -0.504 e. The fourth-order valence-corrected chi connectivity index (χ4v) is 1.56. The summed E-state index contributed by atoms with van der Waals surface area (Å²) in [5, 5.41) is 93.2. The van der Waals surface area contributed by atoms with Crippen LogP contribution in [-0.4, -0.2) is 57.0 Å². The molecule has 0 saturated carbocycles. The molecule has 0 heterocycles. The first-order valence-electron chi connectivity index (χ1n) is 5.06. The topological polar surface area (TPSA) is 254 Å². The second-order valence-corrected chi connectivity index (χ2v) is 4.27. The van der Waals surface area contributed by atoms with E-state index in [9.17, 15) is 30.6 Å². The molecule has 0 atom stereocenters. The summed E-state index contributed by atoms with van der Waals surface area (Å²) >= 11 is 0. The van der Waals surface area contributed by atoms with E-state index in [-0.39, 0.29) is 0 Å². The zero-order valence-corrected chi connectivity index (χ0v) is 10.1. The fraction of sp³-hybridized carbons (Fsp3) is 0.333. The van der Waals surface area contributed by atoms with Crippen molar-refractivity contribution in [2.75, 3.05) is 0 Å². The monoisotopic (exact) mass is 310 g/mol. The third kappa shape index (κ3) is 2.53. The summed E-state index contributed by atoms with van der Waals surface area (Å²) in [6, 6.07) is 0. The molecule has 12 heteroatoms. The molecule has 12 nitrogen and oxygen atoms in total. The molecule has 0 fully saturated rings. The van der Waals surface area contributed by atoms with Gasteiger partial charge in [0, 0.05) is 0 Å².